The first kappa shape index (κ1) is 33.6. The number of piperidine rings is 1. The van der Waals surface area contributed by atoms with Gasteiger partial charge >= 0.3 is 0 Å². The predicted octanol–water partition coefficient (Wildman–Crippen LogP) is 8.06. The number of ketones is 1. The number of carbonyl (C=O) groups is 1. The van der Waals surface area contributed by atoms with Gasteiger partial charge in [-0.25, -0.2) is 0 Å². The van der Waals surface area contributed by atoms with E-state index in [1.807, 2.05) is 29.7 Å². The summed E-state index contributed by atoms with van der Waals surface area (Å²) < 4.78 is 2.11. The molecule has 0 saturated carbocycles. The molecular formula is C38H49N6OS. The number of hydrogen-bond donors (Lipinski definition) is 3. The normalized spacial score (nSPS) is 17.7. The number of anilines is 2. The van der Waals surface area contributed by atoms with E-state index in [2.05, 4.69) is 109 Å². The minimum Gasteiger partial charge on any atom is -0.397 e. The monoisotopic (exact) mass is 637 g/mol. The van der Waals surface area contributed by atoms with Crippen LogP contribution in [0.4, 0.5) is 11.4 Å². The number of likely N-dealkylation sites (tertiary alicyclic amines) is 1. The molecule has 4 aromatic rings. The predicted molar refractivity (Wildman–Crippen MR) is 192 cm³/mol. The lowest BCUT2D eigenvalue weighted by molar-refractivity contribution is -0.124. The molecule has 7 nitrogen and oxygen atoms in total. The smallest absolute Gasteiger partial charge is 0.155 e. The van der Waals surface area contributed by atoms with Crippen LogP contribution in [0.25, 0.3) is 0 Å². The second-order valence-corrected chi connectivity index (χ2v) is 14.5. The van der Waals surface area contributed by atoms with Crippen molar-refractivity contribution in [2.45, 2.75) is 72.4 Å². The van der Waals surface area contributed by atoms with Gasteiger partial charge in [0.15, 0.2) is 5.78 Å². The van der Waals surface area contributed by atoms with Gasteiger partial charge in [-0.1, -0.05) is 56.3 Å². The first-order chi connectivity index (χ1) is 21.7. The fourth-order valence-corrected chi connectivity index (χ4v) is 8.41. The van der Waals surface area contributed by atoms with Gasteiger partial charge in [-0.05, 0) is 92.6 Å². The van der Waals surface area contributed by atoms with Gasteiger partial charge in [-0.3, -0.25) is 14.4 Å². The van der Waals surface area contributed by atoms with E-state index in [9.17, 15) is 4.79 Å². The Morgan fingerprint density at radius 3 is 2.65 bits per heavy atom. The molecule has 6 N–H and O–H groups in total. The molecule has 243 valence electrons. The third kappa shape index (κ3) is 6.85. The number of allylic oxidation sites excluding steroid dienone is 2. The minimum atomic E-state index is -0.675. The maximum absolute atomic E-state index is 14.4. The number of aromatic nitrogens is 2. The van der Waals surface area contributed by atoms with Gasteiger partial charge in [0.2, 0.25) is 0 Å². The summed E-state index contributed by atoms with van der Waals surface area (Å²) in [5.41, 5.74) is 13.7. The van der Waals surface area contributed by atoms with Crippen LogP contribution >= 0.6 is 11.3 Å². The maximum Gasteiger partial charge on any atom is 0.155 e. The summed E-state index contributed by atoms with van der Waals surface area (Å²) in [6, 6.07) is 19.5. The Kier molecular flexibility index (Phi) is 10.2. The Morgan fingerprint density at radius 1 is 1.15 bits per heavy atom. The van der Waals surface area contributed by atoms with Gasteiger partial charge in [0.05, 0.1) is 23.3 Å². The quantitative estimate of drug-likeness (QED) is 0.136. The molecule has 8 heteroatoms. The summed E-state index contributed by atoms with van der Waals surface area (Å²) in [4.78, 5) is 19.5. The van der Waals surface area contributed by atoms with Crippen molar-refractivity contribution in [2.24, 2.45) is 5.41 Å². The Morgan fingerprint density at radius 2 is 1.93 bits per heavy atom. The molecule has 2 aromatic carbocycles. The summed E-state index contributed by atoms with van der Waals surface area (Å²) in [5, 5.41) is 7.92. The highest BCUT2D eigenvalue weighted by Gasteiger charge is 2.47. The number of rotatable bonds is 12. The number of hydrogen-bond acceptors (Lipinski definition) is 7. The van der Waals surface area contributed by atoms with Crippen molar-refractivity contribution in [3.05, 3.63) is 117 Å². The van der Waals surface area contributed by atoms with Crippen molar-refractivity contribution in [1.82, 2.24) is 20.8 Å². The standard InChI is InChI=1S/C38H46N5OS.H3N/c1-6-40-33-16-15-31(25(2)36(33)39)35(38(4,5)37(44)32-21-28(32)20-27-12-8-7-9-13-27)34-22-29(26(3)45-34)23-42-18-10-14-30(24-42)43-19-11-17-41-43;/h7-9,11-13,15-17,19,21-22,30,35,40H,6,10,14,18,20,23-24,39H2,1-5H3;1H3/t30-,35+;/m0./s1. The van der Waals surface area contributed by atoms with Crippen molar-refractivity contribution in [3.63, 3.8) is 0 Å². The lowest BCUT2D eigenvalue weighted by atomic mass is 9.68. The summed E-state index contributed by atoms with van der Waals surface area (Å²) in [7, 11) is 0. The van der Waals surface area contributed by atoms with Crippen molar-refractivity contribution < 1.29 is 4.79 Å². The van der Waals surface area contributed by atoms with Gasteiger partial charge in [-0.15, -0.1) is 11.3 Å². The maximum atomic E-state index is 14.4. The number of Topliss-reactive ketones (excluding diaryl/α,β-unsaturated/α-hetero) is 1. The Balaban J connectivity index is 0.00000417. The largest absolute Gasteiger partial charge is 0.397 e. The number of carbonyl (C=O) groups excluding carboxylic acids is 1. The Labute approximate surface area is 278 Å². The van der Waals surface area contributed by atoms with Crippen LogP contribution in [-0.4, -0.2) is 40.1 Å². The number of thiophene rings is 1. The molecule has 2 aromatic heterocycles. The average molecular weight is 638 g/mol. The molecule has 1 fully saturated rings. The number of aryl methyl sites for hydroxylation is 1. The molecule has 1 radical (unpaired) electrons. The number of nitrogens with one attached hydrogen (secondary N) is 1. The molecule has 1 saturated heterocycles. The number of nitrogens with two attached hydrogens (primary N) is 1. The van der Waals surface area contributed by atoms with Gasteiger partial charge in [0, 0.05) is 53.1 Å². The molecule has 1 aliphatic carbocycles. The Hall–Kier alpha value is -3.72. The third-order valence-electron chi connectivity index (χ3n) is 9.70. The lowest BCUT2D eigenvalue weighted by Gasteiger charge is -2.35. The van der Waals surface area contributed by atoms with E-state index in [1.165, 1.54) is 20.9 Å². The number of nitrogens with zero attached hydrogens (tertiary/aromatic N) is 3. The zero-order valence-electron chi connectivity index (χ0n) is 28.0. The van der Waals surface area contributed by atoms with Crippen LogP contribution in [0.1, 0.15) is 77.6 Å². The molecule has 0 unspecified atom stereocenters. The summed E-state index contributed by atoms with van der Waals surface area (Å²) in [5.74, 6) is 0.964. The number of benzene rings is 2. The van der Waals surface area contributed by atoms with E-state index in [0.29, 0.717) is 6.04 Å². The minimum absolute atomic E-state index is 0. The first-order valence-electron chi connectivity index (χ1n) is 16.3. The van der Waals surface area contributed by atoms with Crippen LogP contribution in [0.15, 0.2) is 78.6 Å². The lowest BCUT2D eigenvalue weighted by Crippen LogP contribution is -2.36. The van der Waals surface area contributed by atoms with Crippen LogP contribution in [0, 0.1) is 25.2 Å². The van der Waals surface area contributed by atoms with E-state index < -0.39 is 5.41 Å². The van der Waals surface area contributed by atoms with Crippen molar-refractivity contribution in [2.75, 3.05) is 30.7 Å². The van der Waals surface area contributed by atoms with E-state index in [0.717, 1.165) is 79.4 Å². The highest BCUT2D eigenvalue weighted by Crippen LogP contribution is 2.51. The number of nitrogen functional groups attached to an aromatic ring is 1. The molecule has 0 spiro atoms. The average Bonchev–Trinajstić information content (AvgIpc) is 3.39. The van der Waals surface area contributed by atoms with Crippen LogP contribution in [0.2, 0.25) is 0 Å². The van der Waals surface area contributed by atoms with Gasteiger partial charge in [0.25, 0.3) is 0 Å². The Bertz CT molecular complexity index is 1670. The first-order valence-corrected chi connectivity index (χ1v) is 17.1. The fourth-order valence-electron chi connectivity index (χ4n) is 7.06. The molecule has 6 rings (SSSR count). The van der Waals surface area contributed by atoms with Crippen molar-refractivity contribution in [1.29, 1.82) is 0 Å². The van der Waals surface area contributed by atoms with Crippen molar-refractivity contribution >= 4 is 28.5 Å². The summed E-state index contributed by atoms with van der Waals surface area (Å²) in [6.45, 7) is 14.5. The molecule has 1 aliphatic heterocycles. The SMILES string of the molecule is CCNc1ccc([C@H](c2cc(CN3CCC[C@H](n4cccn4)C3)c(C)s2)C(C)(C)C(=O)[C]2C=C2Cc2ccccc2)c(C)c1N.N. The molecule has 46 heavy (non-hydrogen) atoms. The molecular weight excluding hydrogens is 589 g/mol. The molecule has 0 bridgehead atoms. The van der Waals surface area contributed by atoms with E-state index >= 15 is 0 Å². The van der Waals surface area contributed by atoms with E-state index in [1.54, 1.807) is 0 Å². The van der Waals surface area contributed by atoms with E-state index in [-0.39, 0.29) is 17.9 Å². The second kappa shape index (κ2) is 14.0. The molecule has 2 atom stereocenters. The molecule has 3 heterocycles. The second-order valence-electron chi connectivity index (χ2n) is 13.2. The highest BCUT2D eigenvalue weighted by atomic mass is 32.1. The van der Waals surface area contributed by atoms with Gasteiger partial charge in [-0.2, -0.15) is 5.10 Å². The summed E-state index contributed by atoms with van der Waals surface area (Å²) in [6.07, 6.45) is 9.16. The highest BCUT2D eigenvalue weighted by molar-refractivity contribution is 7.12. The van der Waals surface area contributed by atoms with Crippen LogP contribution in [0.5, 0.6) is 0 Å². The zero-order valence-corrected chi connectivity index (χ0v) is 28.8. The van der Waals surface area contributed by atoms with Crippen LogP contribution in [0.3, 0.4) is 0 Å². The molecule has 0 amide bonds. The van der Waals surface area contributed by atoms with E-state index in [4.69, 9.17) is 5.73 Å². The molecule has 2 aliphatic rings. The third-order valence-corrected chi connectivity index (χ3v) is 10.9. The van der Waals surface area contributed by atoms with Gasteiger partial charge in [0.1, 0.15) is 0 Å². The summed E-state index contributed by atoms with van der Waals surface area (Å²) >= 11 is 1.83. The fraction of sp³-hybridized carbons (Fsp3) is 0.395. The van der Waals surface area contributed by atoms with Gasteiger partial charge < -0.3 is 17.2 Å². The van der Waals surface area contributed by atoms with Crippen molar-refractivity contribution in [3.8, 4) is 0 Å². The van der Waals surface area contributed by atoms with Crippen LogP contribution < -0.4 is 17.2 Å². The zero-order chi connectivity index (χ0) is 31.7. The van der Waals surface area contributed by atoms with Crippen LogP contribution in [-0.2, 0) is 17.8 Å². The topological polar surface area (TPSA) is 111 Å².